The Kier molecular flexibility index (Phi) is 7.26. The zero-order chi connectivity index (χ0) is 15.7. The molecule has 0 atom stereocenters. The van der Waals surface area contributed by atoms with E-state index >= 15 is 0 Å². The Morgan fingerprint density at radius 1 is 1.33 bits per heavy atom. The van der Waals surface area contributed by atoms with Crippen LogP contribution in [0.15, 0.2) is 42.5 Å². The number of rotatable bonds is 8. The van der Waals surface area contributed by atoms with Crippen LogP contribution in [-0.2, 0) is 9.53 Å². The van der Waals surface area contributed by atoms with Gasteiger partial charge in [-0.25, -0.2) is 0 Å². The molecule has 4 nitrogen and oxygen atoms in total. The number of nitrogens with one attached hydrogen (secondary N) is 1. The van der Waals surface area contributed by atoms with Crippen molar-refractivity contribution in [3.8, 4) is 0 Å². The summed E-state index contributed by atoms with van der Waals surface area (Å²) in [6.07, 6.45) is 3.33. The van der Waals surface area contributed by atoms with Crippen LogP contribution in [0.3, 0.4) is 0 Å². The summed E-state index contributed by atoms with van der Waals surface area (Å²) >= 11 is 0. The fourth-order valence-electron chi connectivity index (χ4n) is 1.61. The molecule has 0 radical (unpaired) electrons. The molecule has 1 aromatic carbocycles. The Balaban J connectivity index is 2.31. The first kappa shape index (κ1) is 17.0. The van der Waals surface area contributed by atoms with Crippen molar-refractivity contribution in [3.05, 3.63) is 48.1 Å². The van der Waals surface area contributed by atoms with Crippen LogP contribution in [0.25, 0.3) is 6.08 Å². The molecule has 1 rings (SSSR count). The summed E-state index contributed by atoms with van der Waals surface area (Å²) in [5.74, 6) is -0.120. The van der Waals surface area contributed by atoms with E-state index in [1.54, 1.807) is 6.08 Å². The number of amides is 1. The summed E-state index contributed by atoms with van der Waals surface area (Å²) in [7, 11) is 3.99. The second-order valence-corrected chi connectivity index (χ2v) is 5.12. The average molecular weight is 288 g/mol. The van der Waals surface area contributed by atoms with E-state index in [-0.39, 0.29) is 5.91 Å². The van der Waals surface area contributed by atoms with Crippen LogP contribution in [-0.4, -0.2) is 39.8 Å². The lowest BCUT2D eigenvalue weighted by atomic mass is 10.2. The molecule has 0 spiro atoms. The normalized spacial score (nSPS) is 10.6. The molecule has 0 saturated heterocycles. The fourth-order valence-corrected chi connectivity index (χ4v) is 1.61. The van der Waals surface area contributed by atoms with Crippen molar-refractivity contribution < 1.29 is 9.53 Å². The van der Waals surface area contributed by atoms with Crippen LogP contribution in [0, 0.1) is 0 Å². The highest BCUT2D eigenvalue weighted by atomic mass is 16.5. The van der Waals surface area contributed by atoms with E-state index < -0.39 is 0 Å². The lowest BCUT2D eigenvalue weighted by Crippen LogP contribution is -2.25. The van der Waals surface area contributed by atoms with Gasteiger partial charge in [0, 0.05) is 32.4 Å². The van der Waals surface area contributed by atoms with Crippen molar-refractivity contribution >= 4 is 17.7 Å². The van der Waals surface area contributed by atoms with Crippen LogP contribution < -0.4 is 10.2 Å². The molecule has 114 valence electrons. The van der Waals surface area contributed by atoms with E-state index in [2.05, 4.69) is 11.9 Å². The highest BCUT2D eigenvalue weighted by Gasteiger charge is 1.96. The third-order valence-electron chi connectivity index (χ3n) is 2.73. The Hall–Kier alpha value is -2.07. The van der Waals surface area contributed by atoms with Crippen LogP contribution in [0.5, 0.6) is 0 Å². The first-order chi connectivity index (χ1) is 9.99. The van der Waals surface area contributed by atoms with Crippen molar-refractivity contribution in [1.82, 2.24) is 5.32 Å². The maximum atomic E-state index is 11.6. The van der Waals surface area contributed by atoms with Crippen molar-refractivity contribution in [2.45, 2.75) is 6.92 Å². The molecule has 0 aromatic heterocycles. The molecule has 0 fully saturated rings. The van der Waals surface area contributed by atoms with Crippen LogP contribution in [0.1, 0.15) is 12.5 Å². The summed E-state index contributed by atoms with van der Waals surface area (Å²) < 4.78 is 5.30. The molecule has 0 aliphatic heterocycles. The van der Waals surface area contributed by atoms with Gasteiger partial charge in [0.1, 0.15) is 0 Å². The summed E-state index contributed by atoms with van der Waals surface area (Å²) in [4.78, 5) is 13.6. The quantitative estimate of drug-likeness (QED) is 0.454. The average Bonchev–Trinajstić information content (AvgIpc) is 2.44. The van der Waals surface area contributed by atoms with Crippen molar-refractivity contribution in [2.75, 3.05) is 38.8 Å². The van der Waals surface area contributed by atoms with Gasteiger partial charge in [0.25, 0.3) is 0 Å². The fraction of sp³-hybridized carbons (Fsp3) is 0.353. The lowest BCUT2D eigenvalue weighted by Gasteiger charge is -2.11. The highest BCUT2D eigenvalue weighted by molar-refractivity contribution is 5.91. The number of carbonyl (C=O) groups excluding carboxylic acids is 1. The zero-order valence-corrected chi connectivity index (χ0v) is 13.1. The van der Waals surface area contributed by atoms with Gasteiger partial charge in [-0.15, -0.1) is 0 Å². The zero-order valence-electron chi connectivity index (χ0n) is 13.1. The van der Waals surface area contributed by atoms with Crippen molar-refractivity contribution in [1.29, 1.82) is 0 Å². The summed E-state index contributed by atoms with van der Waals surface area (Å²) in [6.45, 7) is 7.16. The second-order valence-electron chi connectivity index (χ2n) is 5.12. The molecule has 0 aliphatic carbocycles. The first-order valence-electron chi connectivity index (χ1n) is 6.94. The van der Waals surface area contributed by atoms with Crippen LogP contribution in [0.2, 0.25) is 0 Å². The van der Waals surface area contributed by atoms with E-state index in [4.69, 9.17) is 4.74 Å². The minimum atomic E-state index is -0.120. The second kappa shape index (κ2) is 8.97. The molecule has 21 heavy (non-hydrogen) atoms. The van der Waals surface area contributed by atoms with Gasteiger partial charge >= 0.3 is 0 Å². The Bertz CT molecular complexity index is 490. The lowest BCUT2D eigenvalue weighted by molar-refractivity contribution is -0.116. The molecule has 4 heteroatoms. The molecule has 0 unspecified atom stereocenters. The molecule has 1 aromatic rings. The summed E-state index contributed by atoms with van der Waals surface area (Å²) in [6, 6.07) is 8.00. The molecular formula is C17H24N2O2. The van der Waals surface area contributed by atoms with Gasteiger partial charge in [-0.1, -0.05) is 24.3 Å². The maximum absolute atomic E-state index is 11.6. The maximum Gasteiger partial charge on any atom is 0.244 e. The van der Waals surface area contributed by atoms with Crippen molar-refractivity contribution in [3.63, 3.8) is 0 Å². The largest absolute Gasteiger partial charge is 0.378 e. The standard InChI is InChI=1S/C17H24N2O2/c1-14(2)13-21-12-11-18-17(20)10-7-15-5-8-16(9-6-15)19(3)4/h5-10H,1,11-13H2,2-4H3,(H,18,20)/b10-7+. The van der Waals surface area contributed by atoms with Crippen LogP contribution in [0.4, 0.5) is 5.69 Å². The molecule has 0 aliphatic rings. The molecule has 0 heterocycles. The minimum absolute atomic E-state index is 0.120. The molecule has 0 saturated carbocycles. The van der Waals surface area contributed by atoms with E-state index in [9.17, 15) is 4.79 Å². The smallest absolute Gasteiger partial charge is 0.244 e. The van der Waals surface area contributed by atoms with Gasteiger partial charge in [-0.3, -0.25) is 4.79 Å². The number of hydrogen-bond acceptors (Lipinski definition) is 3. The van der Waals surface area contributed by atoms with E-state index in [0.29, 0.717) is 19.8 Å². The predicted octanol–water partition coefficient (Wildman–Crippen LogP) is 2.47. The van der Waals surface area contributed by atoms with Gasteiger partial charge in [-0.2, -0.15) is 0 Å². The number of benzene rings is 1. The molecule has 0 bridgehead atoms. The third-order valence-corrected chi connectivity index (χ3v) is 2.73. The van der Waals surface area contributed by atoms with Gasteiger partial charge in [-0.05, 0) is 30.7 Å². The van der Waals surface area contributed by atoms with Gasteiger partial charge in [0.2, 0.25) is 5.91 Å². The third kappa shape index (κ3) is 7.32. The summed E-state index contributed by atoms with van der Waals surface area (Å²) in [5.41, 5.74) is 3.10. The topological polar surface area (TPSA) is 41.6 Å². The number of carbonyl (C=O) groups is 1. The molecular weight excluding hydrogens is 264 g/mol. The first-order valence-corrected chi connectivity index (χ1v) is 6.94. The number of anilines is 1. The Morgan fingerprint density at radius 3 is 2.57 bits per heavy atom. The number of nitrogens with zero attached hydrogens (tertiary/aromatic N) is 1. The van der Waals surface area contributed by atoms with Gasteiger partial charge in [0.15, 0.2) is 0 Å². The number of hydrogen-bond donors (Lipinski definition) is 1. The SMILES string of the molecule is C=C(C)COCCNC(=O)/C=C/c1ccc(N(C)C)cc1. The van der Waals surface area contributed by atoms with E-state index in [1.165, 1.54) is 6.08 Å². The molecule has 1 N–H and O–H groups in total. The van der Waals surface area contributed by atoms with E-state index in [1.807, 2.05) is 50.2 Å². The molecule has 1 amide bonds. The van der Waals surface area contributed by atoms with E-state index in [0.717, 1.165) is 16.8 Å². The van der Waals surface area contributed by atoms with Crippen molar-refractivity contribution in [2.24, 2.45) is 0 Å². The highest BCUT2D eigenvalue weighted by Crippen LogP contribution is 2.12. The minimum Gasteiger partial charge on any atom is -0.378 e. The van der Waals surface area contributed by atoms with Gasteiger partial charge < -0.3 is 15.0 Å². The monoisotopic (exact) mass is 288 g/mol. The number of ether oxygens (including phenoxy) is 1. The Morgan fingerprint density at radius 2 is 2.00 bits per heavy atom. The van der Waals surface area contributed by atoms with Gasteiger partial charge in [0.05, 0.1) is 13.2 Å². The Labute approximate surface area is 127 Å². The summed E-state index contributed by atoms with van der Waals surface area (Å²) in [5, 5.41) is 2.77. The van der Waals surface area contributed by atoms with Crippen LogP contribution >= 0.6 is 0 Å². The predicted molar refractivity (Wildman–Crippen MR) is 88.4 cm³/mol.